The van der Waals surface area contributed by atoms with Crippen LogP contribution in [0.15, 0.2) is 24.3 Å². The molecule has 1 rings (SSSR count). The smallest absolute Gasteiger partial charge is 0.177 e. The molecular formula is C16H25NO2. The summed E-state index contributed by atoms with van der Waals surface area (Å²) in [4.78, 5) is 14.5. The zero-order chi connectivity index (χ0) is 14.3. The Labute approximate surface area is 116 Å². The fourth-order valence-corrected chi connectivity index (χ4v) is 2.48. The molecule has 19 heavy (non-hydrogen) atoms. The van der Waals surface area contributed by atoms with Gasteiger partial charge in [-0.15, -0.1) is 0 Å². The van der Waals surface area contributed by atoms with Gasteiger partial charge in [0.15, 0.2) is 5.78 Å². The fourth-order valence-electron chi connectivity index (χ4n) is 2.48. The Morgan fingerprint density at radius 2 is 1.89 bits per heavy atom. The summed E-state index contributed by atoms with van der Waals surface area (Å²) >= 11 is 0. The van der Waals surface area contributed by atoms with E-state index in [1.165, 1.54) is 0 Å². The van der Waals surface area contributed by atoms with Crippen LogP contribution in [0.25, 0.3) is 0 Å². The average molecular weight is 263 g/mol. The molecule has 0 aliphatic carbocycles. The molecule has 0 aromatic heterocycles. The summed E-state index contributed by atoms with van der Waals surface area (Å²) in [5, 5.41) is 9.16. The minimum absolute atomic E-state index is 0.0948. The normalized spacial score (nSPS) is 11.3. The van der Waals surface area contributed by atoms with E-state index in [9.17, 15) is 4.79 Å². The monoisotopic (exact) mass is 263 g/mol. The van der Waals surface area contributed by atoms with E-state index in [2.05, 4.69) is 18.7 Å². The van der Waals surface area contributed by atoms with Gasteiger partial charge in [-0.3, -0.25) is 9.69 Å². The molecule has 0 spiro atoms. The van der Waals surface area contributed by atoms with Crippen LogP contribution in [-0.2, 0) is 0 Å². The first-order chi connectivity index (χ1) is 9.13. The van der Waals surface area contributed by atoms with E-state index in [1.54, 1.807) is 0 Å². The summed E-state index contributed by atoms with van der Waals surface area (Å²) in [6.07, 6.45) is 2.00. The van der Waals surface area contributed by atoms with Crippen molar-refractivity contribution in [1.82, 2.24) is 4.90 Å². The van der Waals surface area contributed by atoms with Gasteiger partial charge in [0.2, 0.25) is 0 Å². The molecule has 0 heterocycles. The highest BCUT2D eigenvalue weighted by Crippen LogP contribution is 2.12. The highest BCUT2D eigenvalue weighted by atomic mass is 16.3. The molecule has 3 heteroatoms. The number of aryl methyl sites for hydroxylation is 1. The Morgan fingerprint density at radius 1 is 1.26 bits per heavy atom. The topological polar surface area (TPSA) is 40.5 Å². The summed E-state index contributed by atoms with van der Waals surface area (Å²) in [5.41, 5.74) is 1.80. The van der Waals surface area contributed by atoms with E-state index in [4.69, 9.17) is 5.11 Å². The molecule has 0 fully saturated rings. The van der Waals surface area contributed by atoms with E-state index >= 15 is 0 Å². The number of Topliss-reactive ketones (excluding diaryl/α,β-unsaturated/α-hetero) is 1. The van der Waals surface area contributed by atoms with Gasteiger partial charge in [-0.05, 0) is 25.3 Å². The predicted octanol–water partition coefficient (Wildman–Crippen LogP) is 2.66. The molecule has 1 N–H and O–H groups in total. The van der Waals surface area contributed by atoms with E-state index in [-0.39, 0.29) is 12.4 Å². The van der Waals surface area contributed by atoms with Crippen LogP contribution in [0.3, 0.4) is 0 Å². The van der Waals surface area contributed by atoms with Gasteiger partial charge >= 0.3 is 0 Å². The molecular weight excluding hydrogens is 238 g/mol. The van der Waals surface area contributed by atoms with Crippen molar-refractivity contribution in [2.75, 3.05) is 19.7 Å². The van der Waals surface area contributed by atoms with Crippen LogP contribution in [0.5, 0.6) is 0 Å². The molecule has 0 radical (unpaired) electrons. The summed E-state index contributed by atoms with van der Waals surface area (Å²) in [6.45, 7) is 7.24. The summed E-state index contributed by atoms with van der Waals surface area (Å²) in [5.74, 6) is 0.137. The highest BCUT2D eigenvalue weighted by Gasteiger charge is 2.19. The van der Waals surface area contributed by atoms with Gasteiger partial charge in [0, 0.05) is 18.2 Å². The van der Waals surface area contributed by atoms with Gasteiger partial charge in [-0.2, -0.15) is 0 Å². The maximum absolute atomic E-state index is 12.4. The molecule has 106 valence electrons. The number of hydrogen-bond acceptors (Lipinski definition) is 3. The van der Waals surface area contributed by atoms with Crippen molar-refractivity contribution in [2.45, 2.75) is 39.7 Å². The first-order valence-electron chi connectivity index (χ1n) is 7.07. The first kappa shape index (κ1) is 15.9. The number of aliphatic hydroxyl groups excluding tert-OH is 1. The van der Waals surface area contributed by atoms with E-state index < -0.39 is 0 Å². The number of nitrogens with zero attached hydrogens (tertiary/aromatic N) is 1. The van der Waals surface area contributed by atoms with E-state index in [0.717, 1.165) is 24.0 Å². The van der Waals surface area contributed by atoms with E-state index in [1.807, 2.05) is 31.2 Å². The lowest BCUT2D eigenvalue weighted by Gasteiger charge is -2.29. The van der Waals surface area contributed by atoms with Crippen molar-refractivity contribution in [3.63, 3.8) is 0 Å². The number of ketones is 1. The molecule has 0 amide bonds. The molecule has 1 aromatic rings. The molecule has 0 saturated heterocycles. The summed E-state index contributed by atoms with van der Waals surface area (Å²) < 4.78 is 0. The fraction of sp³-hybridized carbons (Fsp3) is 0.562. The second-order valence-corrected chi connectivity index (χ2v) is 4.90. The lowest BCUT2D eigenvalue weighted by atomic mass is 10.0. The first-order valence-corrected chi connectivity index (χ1v) is 7.07. The number of aliphatic hydroxyl groups is 1. The molecule has 0 bridgehead atoms. The lowest BCUT2D eigenvalue weighted by molar-refractivity contribution is 0.0850. The van der Waals surface area contributed by atoms with Gasteiger partial charge in [-0.25, -0.2) is 0 Å². The van der Waals surface area contributed by atoms with Crippen molar-refractivity contribution < 1.29 is 9.90 Å². The van der Waals surface area contributed by atoms with E-state index in [0.29, 0.717) is 19.1 Å². The Hall–Kier alpha value is -1.19. The van der Waals surface area contributed by atoms with Gasteiger partial charge < -0.3 is 5.11 Å². The van der Waals surface area contributed by atoms with Crippen molar-refractivity contribution in [2.24, 2.45) is 0 Å². The van der Waals surface area contributed by atoms with Crippen molar-refractivity contribution in [1.29, 1.82) is 0 Å². The molecule has 0 aliphatic rings. The van der Waals surface area contributed by atoms with Gasteiger partial charge in [-0.1, -0.05) is 38.1 Å². The maximum Gasteiger partial charge on any atom is 0.177 e. The van der Waals surface area contributed by atoms with Crippen LogP contribution < -0.4 is 0 Å². The number of benzene rings is 1. The zero-order valence-electron chi connectivity index (χ0n) is 12.2. The SMILES string of the molecule is CCC(CC)N(CCO)CC(=O)c1ccccc1C. The molecule has 3 nitrogen and oxygen atoms in total. The van der Waals surface area contributed by atoms with Crippen molar-refractivity contribution in [3.8, 4) is 0 Å². The quantitative estimate of drug-likeness (QED) is 0.733. The molecule has 0 aliphatic heterocycles. The minimum Gasteiger partial charge on any atom is -0.395 e. The second kappa shape index (κ2) is 8.08. The summed E-state index contributed by atoms with van der Waals surface area (Å²) in [6, 6.07) is 8.04. The highest BCUT2D eigenvalue weighted by molar-refractivity contribution is 5.98. The third-order valence-corrected chi connectivity index (χ3v) is 3.64. The third kappa shape index (κ3) is 4.44. The molecule has 0 saturated carbocycles. The minimum atomic E-state index is 0.0948. The Bertz CT molecular complexity index is 399. The van der Waals surface area contributed by atoms with Gasteiger partial charge in [0.05, 0.1) is 13.2 Å². The van der Waals surface area contributed by atoms with Crippen molar-refractivity contribution in [3.05, 3.63) is 35.4 Å². The van der Waals surface area contributed by atoms with Crippen LogP contribution in [-0.4, -0.2) is 41.5 Å². The lowest BCUT2D eigenvalue weighted by Crippen LogP contribution is -2.40. The summed E-state index contributed by atoms with van der Waals surface area (Å²) in [7, 11) is 0. The number of rotatable bonds is 8. The molecule has 1 aromatic carbocycles. The largest absolute Gasteiger partial charge is 0.395 e. The number of hydrogen-bond donors (Lipinski definition) is 1. The predicted molar refractivity (Wildman–Crippen MR) is 78.5 cm³/mol. The Kier molecular flexibility index (Phi) is 6.74. The third-order valence-electron chi connectivity index (χ3n) is 3.64. The van der Waals surface area contributed by atoms with Crippen LogP contribution in [0.4, 0.5) is 0 Å². The van der Waals surface area contributed by atoms with Crippen molar-refractivity contribution >= 4 is 5.78 Å². The molecule has 0 atom stereocenters. The van der Waals surface area contributed by atoms with Gasteiger partial charge in [0.1, 0.15) is 0 Å². The Balaban J connectivity index is 2.79. The standard InChI is InChI=1S/C16H25NO2/c1-4-14(5-2)17(10-11-18)12-16(19)15-9-7-6-8-13(15)3/h6-9,14,18H,4-5,10-12H2,1-3H3. The average Bonchev–Trinajstić information content (AvgIpc) is 2.40. The van der Waals surface area contributed by atoms with Crippen LogP contribution in [0, 0.1) is 6.92 Å². The number of carbonyl (C=O) groups excluding carboxylic acids is 1. The van der Waals surface area contributed by atoms with Crippen LogP contribution >= 0.6 is 0 Å². The van der Waals surface area contributed by atoms with Gasteiger partial charge in [0.25, 0.3) is 0 Å². The number of carbonyl (C=O) groups is 1. The van der Waals surface area contributed by atoms with Crippen LogP contribution in [0.2, 0.25) is 0 Å². The Morgan fingerprint density at radius 3 is 2.42 bits per heavy atom. The van der Waals surface area contributed by atoms with Crippen LogP contribution in [0.1, 0.15) is 42.6 Å². The maximum atomic E-state index is 12.4. The second-order valence-electron chi connectivity index (χ2n) is 4.90. The zero-order valence-corrected chi connectivity index (χ0v) is 12.2. The molecule has 0 unspecified atom stereocenters.